The van der Waals surface area contributed by atoms with Crippen LogP contribution in [-0.4, -0.2) is 23.0 Å². The van der Waals surface area contributed by atoms with Gasteiger partial charge < -0.3 is 15.7 Å². The molecule has 0 saturated heterocycles. The van der Waals surface area contributed by atoms with Gasteiger partial charge in [0.2, 0.25) is 0 Å². The Kier molecular flexibility index (Phi) is 4.17. The lowest BCUT2D eigenvalue weighted by atomic mass is 10.0. The van der Waals surface area contributed by atoms with Gasteiger partial charge in [0.25, 0.3) is 5.91 Å². The Balaban J connectivity index is 2.31. The molecule has 2 rings (SSSR count). The van der Waals surface area contributed by atoms with Crippen molar-refractivity contribution in [1.82, 2.24) is 4.90 Å². The molecule has 4 nitrogen and oxygen atoms in total. The number of phenols is 1. The third-order valence-corrected chi connectivity index (χ3v) is 3.89. The van der Waals surface area contributed by atoms with E-state index in [1.165, 1.54) is 0 Å². The van der Waals surface area contributed by atoms with E-state index >= 15 is 0 Å². The number of phenolic OH excluding ortho intramolecular Hbond substituents is 1. The van der Waals surface area contributed by atoms with Crippen LogP contribution in [0.3, 0.4) is 0 Å². The predicted molar refractivity (Wildman–Crippen MR) is 84.2 cm³/mol. The number of hydrogen-bond acceptors (Lipinski definition) is 3. The number of anilines is 1. The van der Waals surface area contributed by atoms with Crippen LogP contribution in [0.2, 0.25) is 0 Å². The number of amides is 1. The highest BCUT2D eigenvalue weighted by molar-refractivity contribution is 5.97. The number of nitrogen functional groups attached to an aromatic ring is 1. The van der Waals surface area contributed by atoms with Crippen molar-refractivity contribution in [2.24, 2.45) is 0 Å². The lowest BCUT2D eigenvalue weighted by molar-refractivity contribution is 0.0740. The largest absolute Gasteiger partial charge is 0.508 e. The molecule has 1 amide bonds. The van der Waals surface area contributed by atoms with Crippen molar-refractivity contribution in [3.05, 3.63) is 59.2 Å². The summed E-state index contributed by atoms with van der Waals surface area (Å²) in [4.78, 5) is 14.2. The average Bonchev–Trinajstić information content (AvgIpc) is 2.48. The van der Waals surface area contributed by atoms with Crippen LogP contribution in [0.1, 0.15) is 34.5 Å². The number of aromatic hydroxyl groups is 1. The number of nitrogens with two attached hydrogens (primary N) is 1. The first-order valence-electron chi connectivity index (χ1n) is 6.83. The summed E-state index contributed by atoms with van der Waals surface area (Å²) < 4.78 is 0. The third-order valence-electron chi connectivity index (χ3n) is 3.89. The Morgan fingerprint density at radius 2 is 1.86 bits per heavy atom. The van der Waals surface area contributed by atoms with Gasteiger partial charge in [0, 0.05) is 23.9 Å². The van der Waals surface area contributed by atoms with Gasteiger partial charge in [0.1, 0.15) is 5.75 Å². The monoisotopic (exact) mass is 284 g/mol. The molecule has 0 spiro atoms. The summed E-state index contributed by atoms with van der Waals surface area (Å²) in [6, 6.07) is 12.1. The number of carbonyl (C=O) groups is 1. The van der Waals surface area contributed by atoms with Gasteiger partial charge in [-0.25, -0.2) is 0 Å². The van der Waals surface area contributed by atoms with Crippen molar-refractivity contribution in [2.75, 3.05) is 12.8 Å². The number of rotatable bonds is 3. The van der Waals surface area contributed by atoms with Crippen LogP contribution >= 0.6 is 0 Å². The zero-order valence-corrected chi connectivity index (χ0v) is 12.5. The van der Waals surface area contributed by atoms with Crippen molar-refractivity contribution in [3.8, 4) is 5.75 Å². The number of para-hydroxylation sites is 1. The first kappa shape index (κ1) is 14.9. The van der Waals surface area contributed by atoms with Crippen LogP contribution in [-0.2, 0) is 0 Å². The molecule has 0 aliphatic rings. The molecular weight excluding hydrogens is 264 g/mol. The summed E-state index contributed by atoms with van der Waals surface area (Å²) in [7, 11) is 1.72. The molecule has 110 valence electrons. The zero-order chi connectivity index (χ0) is 15.6. The van der Waals surface area contributed by atoms with Crippen molar-refractivity contribution >= 4 is 11.6 Å². The van der Waals surface area contributed by atoms with E-state index in [0.29, 0.717) is 11.3 Å². The van der Waals surface area contributed by atoms with E-state index in [-0.39, 0.29) is 17.7 Å². The van der Waals surface area contributed by atoms with Crippen LogP contribution < -0.4 is 5.73 Å². The fourth-order valence-electron chi connectivity index (χ4n) is 2.30. The topological polar surface area (TPSA) is 66.6 Å². The van der Waals surface area contributed by atoms with Gasteiger partial charge in [0.05, 0.1) is 6.04 Å². The molecule has 0 aliphatic heterocycles. The summed E-state index contributed by atoms with van der Waals surface area (Å²) in [5.41, 5.74) is 8.54. The molecule has 2 aromatic rings. The van der Waals surface area contributed by atoms with Gasteiger partial charge in [0.15, 0.2) is 0 Å². The van der Waals surface area contributed by atoms with Gasteiger partial charge in [-0.05, 0) is 37.6 Å². The Hall–Kier alpha value is -2.49. The fraction of sp³-hybridized carbons (Fsp3) is 0.235. The van der Waals surface area contributed by atoms with Crippen molar-refractivity contribution in [1.29, 1.82) is 0 Å². The highest BCUT2D eigenvalue weighted by Gasteiger charge is 2.22. The molecule has 0 bridgehead atoms. The normalized spacial score (nSPS) is 12.0. The van der Waals surface area contributed by atoms with Gasteiger partial charge in [-0.2, -0.15) is 0 Å². The van der Waals surface area contributed by atoms with Gasteiger partial charge >= 0.3 is 0 Å². The molecule has 2 aromatic carbocycles. The maximum absolute atomic E-state index is 12.6. The highest BCUT2D eigenvalue weighted by atomic mass is 16.3. The van der Waals surface area contributed by atoms with Crippen molar-refractivity contribution in [3.63, 3.8) is 0 Å². The molecular formula is C17H20N2O2. The SMILES string of the molecule is Cc1c(N)cccc1C(=O)N(C)C(C)c1ccccc1O. The Morgan fingerprint density at radius 3 is 2.52 bits per heavy atom. The molecule has 4 heteroatoms. The van der Waals surface area contributed by atoms with Gasteiger partial charge in [-0.15, -0.1) is 0 Å². The minimum atomic E-state index is -0.237. The number of carbonyl (C=O) groups excluding carboxylic acids is 1. The second-order valence-electron chi connectivity index (χ2n) is 5.17. The lowest BCUT2D eigenvalue weighted by Gasteiger charge is -2.26. The van der Waals surface area contributed by atoms with Gasteiger partial charge in [-0.3, -0.25) is 4.79 Å². The second kappa shape index (κ2) is 5.87. The smallest absolute Gasteiger partial charge is 0.254 e. The van der Waals surface area contributed by atoms with Gasteiger partial charge in [-0.1, -0.05) is 24.3 Å². The van der Waals surface area contributed by atoms with E-state index in [1.807, 2.05) is 26.0 Å². The predicted octanol–water partition coefficient (Wildman–Crippen LogP) is 3.12. The van der Waals surface area contributed by atoms with Crippen LogP contribution in [0.4, 0.5) is 5.69 Å². The molecule has 0 aliphatic carbocycles. The summed E-state index contributed by atoms with van der Waals surface area (Å²) in [5.74, 6) is 0.0736. The van der Waals surface area contributed by atoms with E-state index in [2.05, 4.69) is 0 Å². The summed E-state index contributed by atoms with van der Waals surface area (Å²) in [6.07, 6.45) is 0. The van der Waals surface area contributed by atoms with Crippen molar-refractivity contribution in [2.45, 2.75) is 19.9 Å². The molecule has 0 aromatic heterocycles. The molecule has 0 saturated carbocycles. The van der Waals surface area contributed by atoms with E-state index < -0.39 is 0 Å². The van der Waals surface area contributed by atoms with Crippen molar-refractivity contribution < 1.29 is 9.90 Å². The lowest BCUT2D eigenvalue weighted by Crippen LogP contribution is -2.30. The van der Waals surface area contributed by atoms with Crippen LogP contribution in [0.25, 0.3) is 0 Å². The van der Waals surface area contributed by atoms with E-state index in [1.54, 1.807) is 42.3 Å². The molecule has 1 atom stereocenters. The minimum absolute atomic E-state index is 0.115. The molecule has 21 heavy (non-hydrogen) atoms. The molecule has 0 radical (unpaired) electrons. The molecule has 3 N–H and O–H groups in total. The fourth-order valence-corrected chi connectivity index (χ4v) is 2.30. The summed E-state index contributed by atoms with van der Waals surface area (Å²) in [5, 5.41) is 9.92. The third kappa shape index (κ3) is 2.84. The quantitative estimate of drug-likeness (QED) is 0.851. The Bertz CT molecular complexity index is 668. The molecule has 1 unspecified atom stereocenters. The maximum Gasteiger partial charge on any atom is 0.254 e. The highest BCUT2D eigenvalue weighted by Crippen LogP contribution is 2.29. The standard InChI is InChI=1S/C17H20N2O2/c1-11-13(8-6-9-15(11)18)17(21)19(3)12(2)14-7-4-5-10-16(14)20/h4-10,12,20H,18H2,1-3H3. The number of benzene rings is 2. The average molecular weight is 284 g/mol. The van der Waals surface area contributed by atoms with Crippen LogP contribution in [0, 0.1) is 6.92 Å². The zero-order valence-electron chi connectivity index (χ0n) is 12.5. The summed E-state index contributed by atoms with van der Waals surface area (Å²) >= 11 is 0. The van der Waals surface area contributed by atoms with Crippen LogP contribution in [0.15, 0.2) is 42.5 Å². The second-order valence-corrected chi connectivity index (χ2v) is 5.17. The van der Waals surface area contributed by atoms with E-state index in [4.69, 9.17) is 5.73 Å². The molecule has 0 fully saturated rings. The number of hydrogen-bond donors (Lipinski definition) is 2. The first-order chi connectivity index (χ1) is 9.93. The molecule has 0 heterocycles. The van der Waals surface area contributed by atoms with Crippen LogP contribution in [0.5, 0.6) is 5.75 Å². The first-order valence-corrected chi connectivity index (χ1v) is 6.83. The maximum atomic E-state index is 12.6. The number of nitrogens with zero attached hydrogens (tertiary/aromatic N) is 1. The van der Waals surface area contributed by atoms with E-state index in [9.17, 15) is 9.90 Å². The van der Waals surface area contributed by atoms with E-state index in [0.717, 1.165) is 11.1 Å². The minimum Gasteiger partial charge on any atom is -0.508 e. The Morgan fingerprint density at radius 1 is 1.19 bits per heavy atom. The Labute approximate surface area is 124 Å². The summed E-state index contributed by atoms with van der Waals surface area (Å²) in [6.45, 7) is 3.72.